The van der Waals surface area contributed by atoms with E-state index in [4.69, 9.17) is 10.00 Å². The Morgan fingerprint density at radius 2 is 1.93 bits per heavy atom. The molecule has 0 aliphatic rings. The predicted molar refractivity (Wildman–Crippen MR) is 104 cm³/mol. The van der Waals surface area contributed by atoms with Crippen LogP contribution in [-0.4, -0.2) is 25.2 Å². The van der Waals surface area contributed by atoms with Gasteiger partial charge in [-0.05, 0) is 30.7 Å². The van der Waals surface area contributed by atoms with Gasteiger partial charge in [0.05, 0.1) is 12.5 Å². The van der Waals surface area contributed by atoms with Crippen LogP contribution in [0.25, 0.3) is 0 Å². The molecule has 0 fully saturated rings. The molecular weight excluding hydrogens is 344 g/mol. The summed E-state index contributed by atoms with van der Waals surface area (Å²) < 4.78 is 5.44. The molecule has 0 bridgehead atoms. The highest BCUT2D eigenvalue weighted by atomic mass is 16.6. The average Bonchev–Trinajstić information content (AvgIpc) is 2.68. The number of amides is 3. The SMILES string of the molecule is CCCNC(=O)Nc1cccc(OC(=O)N(CCC#N)c2ccccc2)c1. The minimum atomic E-state index is -0.593. The summed E-state index contributed by atoms with van der Waals surface area (Å²) in [4.78, 5) is 25.7. The number of hydrogen-bond donors (Lipinski definition) is 2. The van der Waals surface area contributed by atoms with Gasteiger partial charge in [0.25, 0.3) is 0 Å². The van der Waals surface area contributed by atoms with Gasteiger partial charge in [-0.2, -0.15) is 5.26 Å². The topological polar surface area (TPSA) is 94.5 Å². The number of nitrogens with zero attached hydrogens (tertiary/aromatic N) is 2. The van der Waals surface area contributed by atoms with Crippen LogP contribution in [0.4, 0.5) is 21.0 Å². The van der Waals surface area contributed by atoms with Crippen LogP contribution in [0.1, 0.15) is 19.8 Å². The first kappa shape index (κ1) is 19.8. The molecule has 7 heteroatoms. The van der Waals surface area contributed by atoms with Gasteiger partial charge < -0.3 is 15.4 Å². The highest BCUT2D eigenvalue weighted by Crippen LogP contribution is 2.20. The molecule has 2 aromatic rings. The summed E-state index contributed by atoms with van der Waals surface area (Å²) in [5.41, 5.74) is 1.16. The molecule has 0 radical (unpaired) electrons. The van der Waals surface area contributed by atoms with E-state index in [1.165, 1.54) is 4.90 Å². The smallest absolute Gasteiger partial charge is 0.410 e. The van der Waals surface area contributed by atoms with E-state index in [2.05, 4.69) is 10.6 Å². The minimum absolute atomic E-state index is 0.184. The normalized spacial score (nSPS) is 9.78. The van der Waals surface area contributed by atoms with Crippen LogP contribution >= 0.6 is 0 Å². The quantitative estimate of drug-likeness (QED) is 0.770. The molecule has 0 unspecified atom stereocenters. The fraction of sp³-hybridized carbons (Fsp3) is 0.250. The van der Waals surface area contributed by atoms with Crippen molar-refractivity contribution in [1.82, 2.24) is 5.32 Å². The lowest BCUT2D eigenvalue weighted by molar-refractivity contribution is 0.207. The van der Waals surface area contributed by atoms with Gasteiger partial charge in [0, 0.05) is 30.5 Å². The van der Waals surface area contributed by atoms with E-state index in [1.54, 1.807) is 48.5 Å². The van der Waals surface area contributed by atoms with Crippen molar-refractivity contribution in [3.05, 3.63) is 54.6 Å². The predicted octanol–water partition coefficient (Wildman–Crippen LogP) is 4.14. The zero-order valence-electron chi connectivity index (χ0n) is 15.1. The second-order valence-electron chi connectivity index (χ2n) is 5.67. The molecule has 0 saturated carbocycles. The first-order valence-corrected chi connectivity index (χ1v) is 8.70. The maximum Gasteiger partial charge on any atom is 0.419 e. The van der Waals surface area contributed by atoms with Crippen LogP contribution in [0.2, 0.25) is 0 Å². The van der Waals surface area contributed by atoms with E-state index in [0.717, 1.165) is 6.42 Å². The highest BCUT2D eigenvalue weighted by Gasteiger charge is 2.18. The third-order valence-electron chi connectivity index (χ3n) is 3.57. The standard InChI is InChI=1S/C20H22N4O3/c1-2-13-22-19(25)23-16-8-6-11-18(15-16)27-20(26)24(14-7-12-21)17-9-4-3-5-10-17/h3-6,8-11,15H,2,7,13-14H2,1H3,(H2,22,23,25). The molecule has 2 rings (SSSR count). The van der Waals surface area contributed by atoms with Crippen LogP contribution in [0, 0.1) is 11.3 Å². The van der Waals surface area contributed by atoms with Gasteiger partial charge >= 0.3 is 12.1 Å². The van der Waals surface area contributed by atoms with Crippen molar-refractivity contribution >= 4 is 23.5 Å². The molecular formula is C20H22N4O3. The minimum Gasteiger partial charge on any atom is -0.410 e. The van der Waals surface area contributed by atoms with Crippen LogP contribution in [0.5, 0.6) is 5.75 Å². The summed E-state index contributed by atoms with van der Waals surface area (Å²) in [6, 6.07) is 17.3. The van der Waals surface area contributed by atoms with E-state index in [1.807, 2.05) is 19.1 Å². The molecule has 0 aliphatic carbocycles. The van der Waals surface area contributed by atoms with Crippen molar-refractivity contribution in [2.75, 3.05) is 23.3 Å². The number of rotatable bonds is 7. The molecule has 0 atom stereocenters. The Bertz CT molecular complexity index is 802. The lowest BCUT2D eigenvalue weighted by atomic mass is 10.3. The molecule has 0 spiro atoms. The zero-order chi connectivity index (χ0) is 19.5. The number of urea groups is 1. The summed E-state index contributed by atoms with van der Waals surface area (Å²) in [6.45, 7) is 2.76. The Morgan fingerprint density at radius 3 is 2.63 bits per heavy atom. The van der Waals surface area contributed by atoms with E-state index < -0.39 is 6.09 Å². The Labute approximate surface area is 158 Å². The Morgan fingerprint density at radius 1 is 1.15 bits per heavy atom. The van der Waals surface area contributed by atoms with Crippen molar-refractivity contribution in [3.63, 3.8) is 0 Å². The first-order chi connectivity index (χ1) is 13.1. The fourth-order valence-electron chi connectivity index (χ4n) is 2.30. The van der Waals surface area contributed by atoms with Crippen molar-refractivity contribution in [2.24, 2.45) is 0 Å². The van der Waals surface area contributed by atoms with E-state index in [-0.39, 0.29) is 19.0 Å². The van der Waals surface area contributed by atoms with Crippen molar-refractivity contribution in [3.8, 4) is 11.8 Å². The highest BCUT2D eigenvalue weighted by molar-refractivity contribution is 5.91. The largest absolute Gasteiger partial charge is 0.419 e. The van der Waals surface area contributed by atoms with Gasteiger partial charge in [0.1, 0.15) is 5.75 Å². The second kappa shape index (κ2) is 10.5. The van der Waals surface area contributed by atoms with E-state index in [0.29, 0.717) is 23.7 Å². The van der Waals surface area contributed by atoms with Crippen LogP contribution < -0.4 is 20.3 Å². The van der Waals surface area contributed by atoms with Crippen LogP contribution in [-0.2, 0) is 0 Å². The first-order valence-electron chi connectivity index (χ1n) is 8.70. The molecule has 3 amide bonds. The molecule has 0 saturated heterocycles. The molecule has 140 valence electrons. The van der Waals surface area contributed by atoms with Crippen molar-refractivity contribution < 1.29 is 14.3 Å². The molecule has 27 heavy (non-hydrogen) atoms. The van der Waals surface area contributed by atoms with Gasteiger partial charge in [0.15, 0.2) is 0 Å². The second-order valence-corrected chi connectivity index (χ2v) is 5.67. The number of nitrogens with one attached hydrogen (secondary N) is 2. The van der Waals surface area contributed by atoms with E-state index in [9.17, 15) is 9.59 Å². The lowest BCUT2D eigenvalue weighted by Gasteiger charge is -2.21. The Hall–Kier alpha value is -3.53. The van der Waals surface area contributed by atoms with Gasteiger partial charge in [-0.15, -0.1) is 0 Å². The number of ether oxygens (including phenoxy) is 1. The number of hydrogen-bond acceptors (Lipinski definition) is 4. The summed E-state index contributed by atoms with van der Waals surface area (Å²) in [5.74, 6) is 0.297. The number of carbonyl (C=O) groups is 2. The lowest BCUT2D eigenvalue weighted by Crippen LogP contribution is -2.34. The maximum atomic E-state index is 12.6. The molecule has 7 nitrogen and oxygen atoms in total. The summed E-state index contributed by atoms with van der Waals surface area (Å²) >= 11 is 0. The third-order valence-corrected chi connectivity index (χ3v) is 3.57. The summed E-state index contributed by atoms with van der Waals surface area (Å²) in [5, 5.41) is 14.2. The van der Waals surface area contributed by atoms with Gasteiger partial charge in [-0.25, -0.2) is 9.59 Å². The van der Waals surface area contributed by atoms with Crippen LogP contribution in [0.15, 0.2) is 54.6 Å². The molecule has 2 N–H and O–H groups in total. The van der Waals surface area contributed by atoms with Crippen molar-refractivity contribution in [2.45, 2.75) is 19.8 Å². The van der Waals surface area contributed by atoms with E-state index >= 15 is 0 Å². The zero-order valence-corrected chi connectivity index (χ0v) is 15.1. The number of anilines is 2. The average molecular weight is 366 g/mol. The Kier molecular flexibility index (Phi) is 7.67. The number of benzene rings is 2. The Balaban J connectivity index is 2.07. The summed E-state index contributed by atoms with van der Waals surface area (Å²) in [7, 11) is 0. The number of carbonyl (C=O) groups excluding carboxylic acids is 2. The van der Waals surface area contributed by atoms with Crippen molar-refractivity contribution in [1.29, 1.82) is 5.26 Å². The maximum absolute atomic E-state index is 12.6. The molecule has 2 aromatic carbocycles. The molecule has 0 aliphatic heterocycles. The third kappa shape index (κ3) is 6.36. The molecule has 0 heterocycles. The number of para-hydroxylation sites is 1. The van der Waals surface area contributed by atoms with Gasteiger partial charge in [-0.1, -0.05) is 31.2 Å². The van der Waals surface area contributed by atoms with Gasteiger partial charge in [-0.3, -0.25) is 4.90 Å². The summed E-state index contributed by atoms with van der Waals surface area (Å²) in [6.07, 6.45) is 0.427. The van der Waals surface area contributed by atoms with Gasteiger partial charge in [0.2, 0.25) is 0 Å². The molecule has 0 aromatic heterocycles. The number of nitriles is 1. The monoisotopic (exact) mass is 366 g/mol. The van der Waals surface area contributed by atoms with Crippen LogP contribution in [0.3, 0.4) is 0 Å². The fourth-order valence-corrected chi connectivity index (χ4v) is 2.30.